The van der Waals surface area contributed by atoms with Crippen LogP contribution in [-0.4, -0.2) is 29.9 Å². The molecule has 1 aromatic carbocycles. The first-order valence-electron chi connectivity index (χ1n) is 6.84. The fourth-order valence-electron chi connectivity index (χ4n) is 2.29. The minimum atomic E-state index is -0.281. The van der Waals surface area contributed by atoms with Crippen molar-refractivity contribution in [2.75, 3.05) is 0 Å². The molecule has 0 bridgehead atoms. The summed E-state index contributed by atoms with van der Waals surface area (Å²) in [6, 6.07) is 8.15. The van der Waals surface area contributed by atoms with E-state index in [2.05, 4.69) is 20.3 Å². The molecule has 8 heteroatoms. The Balaban J connectivity index is 1.91. The normalized spacial score (nSPS) is 11.0. The first-order chi connectivity index (χ1) is 11.2. The average molecular weight is 326 g/mol. The van der Waals surface area contributed by atoms with Gasteiger partial charge < -0.3 is 4.98 Å². The third-order valence-corrected chi connectivity index (χ3v) is 4.50. The molecule has 1 N–H and O–H groups in total. The van der Waals surface area contributed by atoms with Crippen LogP contribution in [0.1, 0.15) is 0 Å². The molecule has 0 spiro atoms. The molecule has 4 rings (SSSR count). The number of hydrogen-bond donors (Lipinski definition) is 1. The SMILES string of the molecule is Cn1nccc1-c1nc(-c2ccc(F)cc2)c(-c2nnc[nH]2)s1. The van der Waals surface area contributed by atoms with Crippen LogP contribution in [0.15, 0.2) is 42.9 Å². The Kier molecular flexibility index (Phi) is 3.23. The number of hydrogen-bond acceptors (Lipinski definition) is 5. The molecule has 0 saturated heterocycles. The zero-order valence-corrected chi connectivity index (χ0v) is 12.9. The van der Waals surface area contributed by atoms with Crippen molar-refractivity contribution in [3.8, 4) is 32.7 Å². The minimum absolute atomic E-state index is 0.281. The smallest absolute Gasteiger partial charge is 0.173 e. The number of aromatic nitrogens is 6. The molecule has 0 fully saturated rings. The number of H-pyrrole nitrogens is 1. The highest BCUT2D eigenvalue weighted by atomic mass is 32.1. The van der Waals surface area contributed by atoms with E-state index in [1.54, 1.807) is 23.0 Å². The van der Waals surface area contributed by atoms with Crippen LogP contribution in [-0.2, 0) is 7.05 Å². The largest absolute Gasteiger partial charge is 0.327 e. The van der Waals surface area contributed by atoms with Crippen molar-refractivity contribution in [3.63, 3.8) is 0 Å². The zero-order valence-electron chi connectivity index (χ0n) is 12.1. The first kappa shape index (κ1) is 13.8. The second-order valence-corrected chi connectivity index (χ2v) is 5.88. The van der Waals surface area contributed by atoms with Crippen LogP contribution in [0.3, 0.4) is 0 Å². The van der Waals surface area contributed by atoms with Crippen LogP contribution in [0.4, 0.5) is 4.39 Å². The van der Waals surface area contributed by atoms with E-state index in [9.17, 15) is 4.39 Å². The second-order valence-electron chi connectivity index (χ2n) is 4.88. The van der Waals surface area contributed by atoms with Crippen molar-refractivity contribution in [3.05, 3.63) is 48.7 Å². The maximum Gasteiger partial charge on any atom is 0.173 e. The number of nitrogens with zero attached hydrogens (tertiary/aromatic N) is 5. The highest BCUT2D eigenvalue weighted by Gasteiger charge is 2.19. The molecule has 114 valence electrons. The van der Waals surface area contributed by atoms with E-state index in [0.717, 1.165) is 26.8 Å². The van der Waals surface area contributed by atoms with Gasteiger partial charge >= 0.3 is 0 Å². The van der Waals surface area contributed by atoms with Crippen molar-refractivity contribution < 1.29 is 4.39 Å². The molecule has 3 aromatic heterocycles. The second kappa shape index (κ2) is 5.40. The summed E-state index contributed by atoms with van der Waals surface area (Å²) in [5.41, 5.74) is 2.47. The summed E-state index contributed by atoms with van der Waals surface area (Å²) >= 11 is 1.49. The van der Waals surface area contributed by atoms with Gasteiger partial charge in [0.2, 0.25) is 0 Å². The van der Waals surface area contributed by atoms with Crippen molar-refractivity contribution in [1.82, 2.24) is 29.9 Å². The van der Waals surface area contributed by atoms with Crippen LogP contribution in [0, 0.1) is 5.82 Å². The monoisotopic (exact) mass is 326 g/mol. The van der Waals surface area contributed by atoms with E-state index in [-0.39, 0.29) is 5.82 Å². The van der Waals surface area contributed by atoms with Crippen molar-refractivity contribution >= 4 is 11.3 Å². The molecule has 0 saturated carbocycles. The van der Waals surface area contributed by atoms with Gasteiger partial charge in [0.05, 0.1) is 11.4 Å². The summed E-state index contributed by atoms with van der Waals surface area (Å²) in [4.78, 5) is 8.57. The van der Waals surface area contributed by atoms with Crippen molar-refractivity contribution in [2.24, 2.45) is 7.05 Å². The maximum absolute atomic E-state index is 13.2. The molecule has 0 amide bonds. The van der Waals surface area contributed by atoms with Crippen LogP contribution in [0.5, 0.6) is 0 Å². The van der Waals surface area contributed by atoms with E-state index in [4.69, 9.17) is 4.98 Å². The van der Waals surface area contributed by atoms with Gasteiger partial charge in [-0.3, -0.25) is 4.68 Å². The maximum atomic E-state index is 13.2. The Morgan fingerprint density at radius 1 is 1.17 bits per heavy atom. The quantitative estimate of drug-likeness (QED) is 0.628. The molecule has 0 aliphatic carbocycles. The molecule has 4 aromatic rings. The van der Waals surface area contributed by atoms with Crippen molar-refractivity contribution in [2.45, 2.75) is 0 Å². The fraction of sp³-hybridized carbons (Fsp3) is 0.0667. The van der Waals surface area contributed by atoms with Gasteiger partial charge in [0.15, 0.2) is 5.82 Å². The molecular formula is C15H11FN6S. The molecule has 0 radical (unpaired) electrons. The molecular weight excluding hydrogens is 315 g/mol. The van der Waals surface area contributed by atoms with Crippen LogP contribution in [0.25, 0.3) is 32.7 Å². The van der Waals surface area contributed by atoms with Gasteiger partial charge in [-0.05, 0) is 30.3 Å². The fourth-order valence-corrected chi connectivity index (χ4v) is 3.39. The van der Waals surface area contributed by atoms with E-state index < -0.39 is 0 Å². The molecule has 0 unspecified atom stereocenters. The lowest BCUT2D eigenvalue weighted by molar-refractivity contribution is 0.628. The van der Waals surface area contributed by atoms with Gasteiger partial charge in [-0.1, -0.05) is 0 Å². The third-order valence-electron chi connectivity index (χ3n) is 3.42. The zero-order chi connectivity index (χ0) is 15.8. The van der Waals surface area contributed by atoms with E-state index in [1.165, 1.54) is 29.8 Å². The Morgan fingerprint density at radius 2 is 2.00 bits per heavy atom. The standard InChI is InChI=1S/C15H11FN6S/c1-22-11(6-7-19-22)15-20-12(9-2-4-10(16)5-3-9)13(23-15)14-17-8-18-21-14/h2-8H,1H3,(H,17,18,21). The summed E-state index contributed by atoms with van der Waals surface area (Å²) in [7, 11) is 1.86. The lowest BCUT2D eigenvalue weighted by Crippen LogP contribution is -1.92. The van der Waals surface area contributed by atoms with Gasteiger partial charge in [-0.15, -0.1) is 21.5 Å². The molecule has 3 heterocycles. The number of rotatable bonds is 3. The lowest BCUT2D eigenvalue weighted by atomic mass is 10.1. The number of nitrogens with one attached hydrogen (secondary N) is 1. The highest BCUT2D eigenvalue weighted by Crippen LogP contribution is 2.38. The van der Waals surface area contributed by atoms with E-state index >= 15 is 0 Å². The summed E-state index contributed by atoms with van der Waals surface area (Å²) in [5, 5.41) is 12.9. The summed E-state index contributed by atoms with van der Waals surface area (Å²) < 4.78 is 15.0. The first-order valence-corrected chi connectivity index (χ1v) is 7.65. The highest BCUT2D eigenvalue weighted by molar-refractivity contribution is 7.18. The molecule has 6 nitrogen and oxygen atoms in total. The number of halogens is 1. The van der Waals surface area contributed by atoms with Crippen molar-refractivity contribution in [1.29, 1.82) is 0 Å². The average Bonchev–Trinajstić information content (AvgIpc) is 3.27. The van der Waals surface area contributed by atoms with Gasteiger partial charge in [0, 0.05) is 18.8 Å². The predicted molar refractivity (Wildman–Crippen MR) is 85.1 cm³/mol. The Labute approximate surface area is 134 Å². The van der Waals surface area contributed by atoms with E-state index in [1.807, 2.05) is 13.1 Å². The predicted octanol–water partition coefficient (Wildman–Crippen LogP) is 3.13. The third kappa shape index (κ3) is 2.42. The molecule has 0 aliphatic rings. The molecule has 23 heavy (non-hydrogen) atoms. The van der Waals surface area contributed by atoms with Crippen LogP contribution < -0.4 is 0 Å². The summed E-state index contributed by atoms with van der Waals surface area (Å²) in [6.07, 6.45) is 3.25. The van der Waals surface area contributed by atoms with Crippen LogP contribution >= 0.6 is 11.3 Å². The number of thiazole rings is 1. The Bertz CT molecular complexity index is 939. The summed E-state index contributed by atoms with van der Waals surface area (Å²) in [5.74, 6) is 0.354. The number of aromatic amines is 1. The minimum Gasteiger partial charge on any atom is -0.327 e. The Hall–Kier alpha value is -2.87. The van der Waals surface area contributed by atoms with Crippen LogP contribution in [0.2, 0.25) is 0 Å². The van der Waals surface area contributed by atoms with Gasteiger partial charge in [-0.2, -0.15) is 5.10 Å². The summed E-state index contributed by atoms with van der Waals surface area (Å²) in [6.45, 7) is 0. The lowest BCUT2D eigenvalue weighted by Gasteiger charge is -1.99. The number of benzene rings is 1. The molecule has 0 aliphatic heterocycles. The Morgan fingerprint density at radius 3 is 2.65 bits per heavy atom. The number of aryl methyl sites for hydroxylation is 1. The topological polar surface area (TPSA) is 72.3 Å². The van der Waals surface area contributed by atoms with Gasteiger partial charge in [0.1, 0.15) is 22.0 Å². The van der Waals surface area contributed by atoms with E-state index in [0.29, 0.717) is 5.82 Å². The van der Waals surface area contributed by atoms with Gasteiger partial charge in [-0.25, -0.2) is 9.37 Å². The molecule has 0 atom stereocenters. The van der Waals surface area contributed by atoms with Gasteiger partial charge in [0.25, 0.3) is 0 Å².